The van der Waals surface area contributed by atoms with E-state index in [0.29, 0.717) is 13.0 Å². The van der Waals surface area contributed by atoms with Crippen LogP contribution in [0.25, 0.3) is 0 Å². The second-order valence-electron chi connectivity index (χ2n) is 7.77. The van der Waals surface area contributed by atoms with Crippen molar-refractivity contribution < 1.29 is 19.4 Å². The molecule has 0 saturated carbocycles. The van der Waals surface area contributed by atoms with Crippen LogP contribution in [0.2, 0.25) is 0 Å². The fourth-order valence-electron chi connectivity index (χ4n) is 2.72. The van der Waals surface area contributed by atoms with E-state index in [1.165, 1.54) is 4.90 Å². The number of ether oxygens (including phenoxy) is 1. The highest BCUT2D eigenvalue weighted by Crippen LogP contribution is 2.35. The first kappa shape index (κ1) is 16.8. The Bertz CT molecular complexity index is 378. The molecule has 1 heterocycles. The molecule has 0 aliphatic carbocycles. The quantitative estimate of drug-likeness (QED) is 0.846. The molecule has 0 aromatic rings. The second kappa shape index (κ2) is 5.62. The smallest absolute Gasteiger partial charge is 0.411 e. The Balaban J connectivity index is 2.83. The van der Waals surface area contributed by atoms with Gasteiger partial charge >= 0.3 is 12.1 Å². The first-order valence-electron chi connectivity index (χ1n) is 7.13. The van der Waals surface area contributed by atoms with Gasteiger partial charge in [-0.3, -0.25) is 4.90 Å². The summed E-state index contributed by atoms with van der Waals surface area (Å²) in [5.74, 6) is -0.956. The molecule has 20 heavy (non-hydrogen) atoms. The summed E-state index contributed by atoms with van der Waals surface area (Å²) in [4.78, 5) is 25.0. The zero-order valence-electron chi connectivity index (χ0n) is 13.4. The number of likely N-dealkylation sites (tertiary alicyclic amines) is 1. The molecule has 0 spiro atoms. The molecule has 116 valence electrons. The van der Waals surface area contributed by atoms with Gasteiger partial charge in [-0.2, -0.15) is 0 Å². The molecule has 0 bridgehead atoms. The standard InChI is InChI=1S/C15H27NO4/c1-14(2,3)9-10-7-8-16(11(10)12(17)18)13(19)20-15(4,5)6/h10-11H,7-9H2,1-6H3,(H,17,18). The van der Waals surface area contributed by atoms with Crippen LogP contribution in [0.15, 0.2) is 0 Å². The molecule has 1 fully saturated rings. The average molecular weight is 285 g/mol. The maximum Gasteiger partial charge on any atom is 0.411 e. The minimum absolute atomic E-state index is 0.0139. The lowest BCUT2D eigenvalue weighted by Crippen LogP contribution is -2.46. The van der Waals surface area contributed by atoms with Crippen LogP contribution in [0.5, 0.6) is 0 Å². The second-order valence-corrected chi connectivity index (χ2v) is 7.77. The summed E-state index contributed by atoms with van der Waals surface area (Å²) >= 11 is 0. The minimum Gasteiger partial charge on any atom is -0.480 e. The molecule has 2 atom stereocenters. The number of carbonyl (C=O) groups is 2. The van der Waals surface area contributed by atoms with Crippen molar-refractivity contribution in [1.82, 2.24) is 4.90 Å². The van der Waals surface area contributed by atoms with Crippen LogP contribution in [0.4, 0.5) is 4.79 Å². The van der Waals surface area contributed by atoms with Gasteiger partial charge in [-0.05, 0) is 44.9 Å². The molecule has 1 saturated heterocycles. The topological polar surface area (TPSA) is 66.8 Å². The van der Waals surface area contributed by atoms with Gasteiger partial charge in [0.15, 0.2) is 0 Å². The summed E-state index contributed by atoms with van der Waals surface area (Å²) in [7, 11) is 0. The molecular formula is C15H27NO4. The molecule has 1 aliphatic heterocycles. The Kier molecular flexibility index (Phi) is 4.72. The fourth-order valence-corrected chi connectivity index (χ4v) is 2.72. The van der Waals surface area contributed by atoms with E-state index in [1.807, 2.05) is 0 Å². The largest absolute Gasteiger partial charge is 0.480 e. The van der Waals surface area contributed by atoms with E-state index in [2.05, 4.69) is 20.8 Å². The highest BCUT2D eigenvalue weighted by molar-refractivity contribution is 5.81. The third kappa shape index (κ3) is 4.69. The van der Waals surface area contributed by atoms with Crippen molar-refractivity contribution >= 4 is 12.1 Å². The van der Waals surface area contributed by atoms with Crippen LogP contribution in [0, 0.1) is 11.3 Å². The first-order chi connectivity index (χ1) is 8.91. The summed E-state index contributed by atoms with van der Waals surface area (Å²) in [5, 5.41) is 9.45. The van der Waals surface area contributed by atoms with Crippen LogP contribution in [0.1, 0.15) is 54.4 Å². The normalized spacial score (nSPS) is 23.8. The Morgan fingerprint density at radius 3 is 2.15 bits per heavy atom. The van der Waals surface area contributed by atoms with Gasteiger partial charge in [0.05, 0.1) is 0 Å². The summed E-state index contributed by atoms with van der Waals surface area (Å²) in [6.45, 7) is 12.1. The van der Waals surface area contributed by atoms with Gasteiger partial charge in [-0.25, -0.2) is 9.59 Å². The lowest BCUT2D eigenvalue weighted by molar-refractivity contribution is -0.143. The van der Waals surface area contributed by atoms with Crippen molar-refractivity contribution in [3.63, 3.8) is 0 Å². The Morgan fingerprint density at radius 1 is 1.20 bits per heavy atom. The molecule has 0 radical (unpaired) electrons. The van der Waals surface area contributed by atoms with E-state index < -0.39 is 23.7 Å². The number of hydrogen-bond acceptors (Lipinski definition) is 3. The van der Waals surface area contributed by atoms with Gasteiger partial charge in [0, 0.05) is 6.54 Å². The number of rotatable bonds is 2. The van der Waals surface area contributed by atoms with Crippen molar-refractivity contribution in [2.75, 3.05) is 6.54 Å². The van der Waals surface area contributed by atoms with Gasteiger partial charge in [0.2, 0.25) is 0 Å². The predicted molar refractivity (Wildman–Crippen MR) is 76.5 cm³/mol. The van der Waals surface area contributed by atoms with E-state index in [9.17, 15) is 14.7 Å². The molecule has 1 amide bonds. The molecule has 1 rings (SSSR count). The molecule has 2 unspecified atom stereocenters. The van der Waals surface area contributed by atoms with Crippen molar-refractivity contribution in [2.24, 2.45) is 11.3 Å². The van der Waals surface area contributed by atoms with Crippen molar-refractivity contribution in [2.45, 2.75) is 66.0 Å². The maximum atomic E-state index is 12.1. The number of carboxylic acid groups (broad SMARTS) is 1. The van der Waals surface area contributed by atoms with E-state index >= 15 is 0 Å². The Hall–Kier alpha value is -1.26. The molecule has 0 aromatic carbocycles. The highest BCUT2D eigenvalue weighted by Gasteiger charge is 2.44. The number of hydrogen-bond donors (Lipinski definition) is 1. The molecule has 1 N–H and O–H groups in total. The Labute approximate surface area is 121 Å². The van der Waals surface area contributed by atoms with Crippen molar-refractivity contribution in [3.8, 4) is 0 Å². The van der Waals surface area contributed by atoms with Crippen LogP contribution in [-0.4, -0.2) is 40.3 Å². The third-order valence-electron chi connectivity index (χ3n) is 3.28. The average Bonchev–Trinajstić information content (AvgIpc) is 2.55. The zero-order chi connectivity index (χ0) is 15.7. The van der Waals surface area contributed by atoms with Crippen LogP contribution < -0.4 is 0 Å². The summed E-state index contributed by atoms with van der Waals surface area (Å²) in [6, 6.07) is -0.774. The molecule has 5 nitrogen and oxygen atoms in total. The van der Waals surface area contributed by atoms with E-state index in [-0.39, 0.29) is 11.3 Å². The number of carbonyl (C=O) groups excluding carboxylic acids is 1. The van der Waals surface area contributed by atoms with Gasteiger partial charge in [0.25, 0.3) is 0 Å². The van der Waals surface area contributed by atoms with Gasteiger partial charge in [-0.1, -0.05) is 20.8 Å². The van der Waals surface area contributed by atoms with Gasteiger partial charge in [0.1, 0.15) is 11.6 Å². The summed E-state index contributed by atoms with van der Waals surface area (Å²) < 4.78 is 5.30. The van der Waals surface area contributed by atoms with E-state index in [1.54, 1.807) is 20.8 Å². The lowest BCUT2D eigenvalue weighted by Gasteiger charge is -2.30. The SMILES string of the molecule is CC(C)(C)CC1CCN(C(=O)OC(C)(C)C)C1C(=O)O. The minimum atomic E-state index is -0.942. The summed E-state index contributed by atoms with van der Waals surface area (Å²) in [6.07, 6.45) is 0.970. The monoisotopic (exact) mass is 285 g/mol. The van der Waals surface area contributed by atoms with E-state index in [4.69, 9.17) is 4.74 Å². The summed E-state index contributed by atoms with van der Waals surface area (Å²) in [5.41, 5.74) is -0.565. The van der Waals surface area contributed by atoms with Crippen LogP contribution >= 0.6 is 0 Å². The molecule has 5 heteroatoms. The maximum absolute atomic E-state index is 12.1. The lowest BCUT2D eigenvalue weighted by atomic mass is 9.81. The van der Waals surface area contributed by atoms with Crippen LogP contribution in [0.3, 0.4) is 0 Å². The molecule has 1 aliphatic rings. The van der Waals surface area contributed by atoms with Crippen LogP contribution in [-0.2, 0) is 9.53 Å². The van der Waals surface area contributed by atoms with Gasteiger partial charge in [-0.15, -0.1) is 0 Å². The number of carboxylic acids is 1. The highest BCUT2D eigenvalue weighted by atomic mass is 16.6. The number of amides is 1. The Morgan fingerprint density at radius 2 is 1.75 bits per heavy atom. The predicted octanol–water partition coefficient (Wildman–Crippen LogP) is 3.13. The molecule has 0 aromatic heterocycles. The van der Waals surface area contributed by atoms with Crippen molar-refractivity contribution in [3.05, 3.63) is 0 Å². The zero-order valence-corrected chi connectivity index (χ0v) is 13.4. The molecular weight excluding hydrogens is 258 g/mol. The van der Waals surface area contributed by atoms with Gasteiger partial charge < -0.3 is 9.84 Å². The number of aliphatic carboxylic acids is 1. The first-order valence-corrected chi connectivity index (χ1v) is 7.13. The number of nitrogens with zero attached hydrogens (tertiary/aromatic N) is 1. The van der Waals surface area contributed by atoms with Crippen molar-refractivity contribution in [1.29, 1.82) is 0 Å². The van der Waals surface area contributed by atoms with E-state index in [0.717, 1.165) is 6.42 Å². The fraction of sp³-hybridized carbons (Fsp3) is 0.867. The third-order valence-corrected chi connectivity index (χ3v) is 3.28.